The van der Waals surface area contributed by atoms with Crippen molar-refractivity contribution in [2.24, 2.45) is 0 Å². The summed E-state index contributed by atoms with van der Waals surface area (Å²) >= 11 is 1.43. The molecular formula is C23H24N4O3S. The van der Waals surface area contributed by atoms with Crippen LogP contribution in [0, 0.1) is 0 Å². The van der Waals surface area contributed by atoms with Gasteiger partial charge in [-0.05, 0) is 61.4 Å². The molecular weight excluding hydrogens is 412 g/mol. The number of ether oxygens (including phenoxy) is 1. The number of carbonyl (C=O) groups excluding carboxylic acids is 2. The van der Waals surface area contributed by atoms with Gasteiger partial charge in [0, 0.05) is 35.9 Å². The summed E-state index contributed by atoms with van der Waals surface area (Å²) < 4.78 is 5.12. The van der Waals surface area contributed by atoms with E-state index in [0.29, 0.717) is 16.4 Å². The zero-order valence-electron chi connectivity index (χ0n) is 17.6. The van der Waals surface area contributed by atoms with Gasteiger partial charge in [-0.25, -0.2) is 4.98 Å². The zero-order valence-corrected chi connectivity index (χ0v) is 18.5. The zero-order chi connectivity index (χ0) is 22.0. The molecule has 0 fully saturated rings. The molecule has 31 heavy (non-hydrogen) atoms. The number of thiazole rings is 1. The molecule has 7 nitrogen and oxygen atoms in total. The lowest BCUT2D eigenvalue weighted by atomic mass is 10.1. The van der Waals surface area contributed by atoms with Crippen molar-refractivity contribution in [1.29, 1.82) is 0 Å². The summed E-state index contributed by atoms with van der Waals surface area (Å²) in [5.41, 5.74) is 3.11. The molecule has 160 valence electrons. The molecule has 0 saturated heterocycles. The normalized spacial score (nSPS) is 14.6. The van der Waals surface area contributed by atoms with Crippen molar-refractivity contribution >= 4 is 39.7 Å². The van der Waals surface area contributed by atoms with E-state index in [1.54, 1.807) is 31.4 Å². The van der Waals surface area contributed by atoms with Crippen molar-refractivity contribution in [3.8, 4) is 5.75 Å². The Bertz CT molecular complexity index is 1090. The molecule has 1 atom stereocenters. The molecule has 0 aliphatic heterocycles. The molecule has 0 saturated carbocycles. The third kappa shape index (κ3) is 4.54. The number of anilines is 3. The number of rotatable bonds is 6. The van der Waals surface area contributed by atoms with Gasteiger partial charge in [0.2, 0.25) is 5.91 Å². The number of aryl methyl sites for hydroxylation is 1. The van der Waals surface area contributed by atoms with Gasteiger partial charge in [-0.3, -0.25) is 14.9 Å². The van der Waals surface area contributed by atoms with Gasteiger partial charge in [0.05, 0.1) is 18.7 Å². The van der Waals surface area contributed by atoms with Gasteiger partial charge >= 0.3 is 0 Å². The lowest BCUT2D eigenvalue weighted by Crippen LogP contribution is -2.20. The van der Waals surface area contributed by atoms with Gasteiger partial charge in [0.25, 0.3) is 5.91 Å². The van der Waals surface area contributed by atoms with Gasteiger partial charge in [0.15, 0.2) is 5.13 Å². The van der Waals surface area contributed by atoms with E-state index in [9.17, 15) is 9.59 Å². The lowest BCUT2D eigenvalue weighted by molar-refractivity contribution is -0.117. The number of methoxy groups -OCH3 is 1. The molecule has 0 radical (unpaired) electrons. The molecule has 3 aromatic rings. The number of fused-ring (bicyclic) bond motifs is 1. The van der Waals surface area contributed by atoms with Gasteiger partial charge in [0.1, 0.15) is 5.75 Å². The molecule has 4 rings (SSSR count). The maximum Gasteiger partial charge on any atom is 0.257 e. The van der Waals surface area contributed by atoms with Crippen molar-refractivity contribution in [2.75, 3.05) is 36.7 Å². The number of nitrogens with zero attached hydrogens (tertiary/aromatic N) is 2. The minimum Gasteiger partial charge on any atom is -0.497 e. The number of aromatic nitrogens is 1. The molecule has 2 amide bonds. The standard InChI is InChI=1S/C23H24N4O3S/c1-27(2)16-8-6-15(7-9-16)24-22(29)18-12-13-19-20(18)25-23(31-19)26-21(28)14-4-10-17(30-3)11-5-14/h4-11,18H,12-13H2,1-3H3,(H,24,29)(H,25,26,28). The SMILES string of the molecule is COc1ccc(C(=O)Nc2nc3c(s2)CCC3C(=O)Nc2ccc(N(C)C)cc2)cc1. The van der Waals surface area contributed by atoms with Crippen molar-refractivity contribution in [3.63, 3.8) is 0 Å². The molecule has 1 aromatic heterocycles. The van der Waals surface area contributed by atoms with Crippen LogP contribution in [-0.4, -0.2) is 38.0 Å². The summed E-state index contributed by atoms with van der Waals surface area (Å²) in [6, 6.07) is 14.6. The van der Waals surface area contributed by atoms with Crippen LogP contribution in [0.5, 0.6) is 5.75 Å². The third-order valence-electron chi connectivity index (χ3n) is 5.26. The van der Waals surface area contributed by atoms with E-state index in [0.717, 1.165) is 34.8 Å². The summed E-state index contributed by atoms with van der Waals surface area (Å²) in [6.45, 7) is 0. The van der Waals surface area contributed by atoms with E-state index in [1.807, 2.05) is 43.3 Å². The van der Waals surface area contributed by atoms with Crippen molar-refractivity contribution < 1.29 is 14.3 Å². The molecule has 2 N–H and O–H groups in total. The van der Waals surface area contributed by atoms with E-state index in [4.69, 9.17) is 4.74 Å². The van der Waals surface area contributed by atoms with Crippen LogP contribution < -0.4 is 20.3 Å². The first-order valence-electron chi connectivity index (χ1n) is 9.98. The Hall–Kier alpha value is -3.39. The molecule has 1 unspecified atom stereocenters. The van der Waals surface area contributed by atoms with Crippen LogP contribution in [0.1, 0.15) is 33.3 Å². The van der Waals surface area contributed by atoms with Crippen molar-refractivity contribution in [3.05, 3.63) is 64.7 Å². The van der Waals surface area contributed by atoms with Crippen LogP contribution in [0.25, 0.3) is 0 Å². The highest BCUT2D eigenvalue weighted by Gasteiger charge is 2.33. The van der Waals surface area contributed by atoms with Gasteiger partial charge in [-0.1, -0.05) is 0 Å². The summed E-state index contributed by atoms with van der Waals surface area (Å²) in [7, 11) is 5.53. The van der Waals surface area contributed by atoms with Crippen LogP contribution in [0.3, 0.4) is 0 Å². The first-order chi connectivity index (χ1) is 14.9. The molecule has 1 aliphatic rings. The molecule has 0 bridgehead atoms. The minimum atomic E-state index is -0.314. The number of amides is 2. The molecule has 1 heterocycles. The van der Waals surface area contributed by atoms with Crippen molar-refractivity contribution in [1.82, 2.24) is 4.98 Å². The largest absolute Gasteiger partial charge is 0.497 e. The fraction of sp³-hybridized carbons (Fsp3) is 0.261. The van der Waals surface area contributed by atoms with Gasteiger partial charge < -0.3 is 15.0 Å². The molecule has 0 spiro atoms. The average Bonchev–Trinajstić information content (AvgIpc) is 3.34. The Morgan fingerprint density at radius 2 is 1.77 bits per heavy atom. The summed E-state index contributed by atoms with van der Waals surface area (Å²) in [5, 5.41) is 6.34. The predicted octanol–water partition coefficient (Wildman–Crippen LogP) is 4.14. The molecule has 1 aliphatic carbocycles. The van der Waals surface area contributed by atoms with E-state index in [2.05, 4.69) is 15.6 Å². The predicted molar refractivity (Wildman–Crippen MR) is 124 cm³/mol. The highest BCUT2D eigenvalue weighted by Crippen LogP contribution is 2.39. The Morgan fingerprint density at radius 1 is 1.06 bits per heavy atom. The van der Waals surface area contributed by atoms with Crippen LogP contribution in [-0.2, 0) is 11.2 Å². The first-order valence-corrected chi connectivity index (χ1v) is 10.8. The fourth-order valence-corrected chi connectivity index (χ4v) is 4.55. The fourth-order valence-electron chi connectivity index (χ4n) is 3.52. The molecule has 2 aromatic carbocycles. The number of carbonyl (C=O) groups is 2. The Kier molecular flexibility index (Phi) is 5.90. The number of hydrogen-bond donors (Lipinski definition) is 2. The molecule has 8 heteroatoms. The monoisotopic (exact) mass is 436 g/mol. The quantitative estimate of drug-likeness (QED) is 0.607. The summed E-state index contributed by atoms with van der Waals surface area (Å²) in [6.07, 6.45) is 1.51. The highest BCUT2D eigenvalue weighted by atomic mass is 32.1. The van der Waals surface area contributed by atoms with Crippen LogP contribution in [0.15, 0.2) is 48.5 Å². The number of benzene rings is 2. The second-order valence-electron chi connectivity index (χ2n) is 7.53. The topological polar surface area (TPSA) is 83.6 Å². The first kappa shape index (κ1) is 20.9. The maximum absolute atomic E-state index is 12.9. The Balaban J connectivity index is 1.42. The lowest BCUT2D eigenvalue weighted by Gasteiger charge is -2.14. The van der Waals surface area contributed by atoms with E-state index in [1.165, 1.54) is 11.3 Å². The average molecular weight is 437 g/mol. The smallest absolute Gasteiger partial charge is 0.257 e. The van der Waals surface area contributed by atoms with E-state index >= 15 is 0 Å². The third-order valence-corrected chi connectivity index (χ3v) is 6.30. The van der Waals surface area contributed by atoms with Crippen LogP contribution in [0.2, 0.25) is 0 Å². The summed E-state index contributed by atoms with van der Waals surface area (Å²) in [5.74, 6) is 0.0631. The highest BCUT2D eigenvalue weighted by molar-refractivity contribution is 7.16. The van der Waals surface area contributed by atoms with E-state index in [-0.39, 0.29) is 17.7 Å². The Morgan fingerprint density at radius 3 is 2.42 bits per heavy atom. The van der Waals surface area contributed by atoms with Crippen LogP contribution >= 0.6 is 11.3 Å². The second-order valence-corrected chi connectivity index (χ2v) is 8.62. The second kappa shape index (κ2) is 8.77. The number of nitrogens with one attached hydrogen (secondary N) is 2. The van der Waals surface area contributed by atoms with Crippen molar-refractivity contribution in [2.45, 2.75) is 18.8 Å². The Labute approximate surface area is 185 Å². The van der Waals surface area contributed by atoms with Gasteiger partial charge in [-0.2, -0.15) is 0 Å². The van der Waals surface area contributed by atoms with Gasteiger partial charge in [-0.15, -0.1) is 11.3 Å². The van der Waals surface area contributed by atoms with Crippen LogP contribution in [0.4, 0.5) is 16.5 Å². The van der Waals surface area contributed by atoms with E-state index < -0.39 is 0 Å². The minimum absolute atomic E-state index is 0.0744. The summed E-state index contributed by atoms with van der Waals surface area (Å²) in [4.78, 5) is 33.0. The maximum atomic E-state index is 12.9. The number of hydrogen-bond acceptors (Lipinski definition) is 6.